The maximum absolute atomic E-state index is 14.4. The zero-order chi connectivity index (χ0) is 16.7. The highest BCUT2D eigenvalue weighted by Gasteiger charge is 2.18. The minimum Gasteiger partial charge on any atom is -0.297 e. The molecule has 118 valence electrons. The van der Waals surface area contributed by atoms with Crippen molar-refractivity contribution < 1.29 is 8.78 Å². The number of hydrogen-bond donors (Lipinski definition) is 0. The number of aromatic nitrogens is 4. The summed E-state index contributed by atoms with van der Waals surface area (Å²) < 4.78 is 30.0. The molecule has 0 saturated heterocycles. The molecule has 3 aromatic heterocycles. The Balaban J connectivity index is 2.34. The van der Waals surface area contributed by atoms with E-state index in [9.17, 15) is 8.78 Å². The van der Waals surface area contributed by atoms with Crippen LogP contribution in [0.1, 0.15) is 25.2 Å². The molecule has 3 heterocycles. The second-order valence-electron chi connectivity index (χ2n) is 5.15. The van der Waals surface area contributed by atoms with Crippen molar-refractivity contribution in [2.24, 2.45) is 0 Å². The number of fused-ring (bicyclic) bond motifs is 1. The fourth-order valence-corrected chi connectivity index (χ4v) is 2.66. The van der Waals surface area contributed by atoms with Crippen LogP contribution in [-0.4, -0.2) is 19.4 Å². The Morgan fingerprint density at radius 3 is 2.70 bits per heavy atom. The third-order valence-corrected chi connectivity index (χ3v) is 3.66. The summed E-state index contributed by atoms with van der Waals surface area (Å²) in [7, 11) is 0. The molecule has 0 N–H and O–H groups in total. The van der Waals surface area contributed by atoms with Gasteiger partial charge in [0.25, 0.3) is 0 Å². The molecule has 0 spiro atoms. The smallest absolute Gasteiger partial charge is 0.223 e. The molecule has 0 amide bonds. The molecule has 0 atom stereocenters. The summed E-state index contributed by atoms with van der Waals surface area (Å²) in [5, 5.41) is -0.109. The molecule has 0 aliphatic heterocycles. The number of halogens is 3. The molecule has 0 aliphatic carbocycles. The quantitative estimate of drug-likeness (QED) is 0.670. The fraction of sp³-hybridized carbons (Fsp3) is 0.188. The average molecular weight is 335 g/mol. The maximum atomic E-state index is 14.4. The van der Waals surface area contributed by atoms with Crippen molar-refractivity contribution in [1.29, 1.82) is 0 Å². The van der Waals surface area contributed by atoms with Crippen LogP contribution in [0.25, 0.3) is 22.5 Å². The summed E-state index contributed by atoms with van der Waals surface area (Å²) in [6.45, 7) is 7.66. The molecule has 0 radical (unpaired) electrons. The summed E-state index contributed by atoms with van der Waals surface area (Å²) >= 11 is 5.72. The molecule has 0 bridgehead atoms. The lowest BCUT2D eigenvalue weighted by atomic mass is 10.1. The Hall–Kier alpha value is -2.34. The van der Waals surface area contributed by atoms with Crippen molar-refractivity contribution >= 4 is 22.8 Å². The number of hydrogen-bond acceptors (Lipinski definition) is 3. The van der Waals surface area contributed by atoms with Gasteiger partial charge in [-0.3, -0.25) is 4.40 Å². The summed E-state index contributed by atoms with van der Waals surface area (Å²) in [6, 6.07) is 1.19. The van der Waals surface area contributed by atoms with Crippen molar-refractivity contribution in [3.63, 3.8) is 0 Å². The normalized spacial score (nSPS) is 11.2. The molecule has 7 heteroatoms. The van der Waals surface area contributed by atoms with E-state index < -0.39 is 11.6 Å². The molecular formula is C16H13ClF2N4. The first-order chi connectivity index (χ1) is 10.9. The van der Waals surface area contributed by atoms with Crippen LogP contribution < -0.4 is 0 Å². The molecule has 0 aliphatic rings. The van der Waals surface area contributed by atoms with Gasteiger partial charge < -0.3 is 0 Å². The SMILES string of the molecule is C=C(C)c1c(CC)nc2c(F)cc(-c3nc(Cl)ncc3F)cn12. The summed E-state index contributed by atoms with van der Waals surface area (Å²) in [5.41, 5.74) is 2.54. The Morgan fingerprint density at radius 1 is 1.30 bits per heavy atom. The zero-order valence-electron chi connectivity index (χ0n) is 12.6. The third-order valence-electron chi connectivity index (χ3n) is 3.47. The summed E-state index contributed by atoms with van der Waals surface area (Å²) in [6.07, 6.45) is 3.17. The lowest BCUT2D eigenvalue weighted by Crippen LogP contribution is -1.99. The highest BCUT2D eigenvalue weighted by Crippen LogP contribution is 2.27. The molecule has 23 heavy (non-hydrogen) atoms. The number of pyridine rings is 1. The Kier molecular flexibility index (Phi) is 3.85. The second-order valence-corrected chi connectivity index (χ2v) is 5.48. The highest BCUT2D eigenvalue weighted by molar-refractivity contribution is 6.28. The van der Waals surface area contributed by atoms with Gasteiger partial charge in [0.1, 0.15) is 5.69 Å². The molecule has 3 rings (SSSR count). The van der Waals surface area contributed by atoms with Gasteiger partial charge in [-0.1, -0.05) is 13.5 Å². The van der Waals surface area contributed by atoms with E-state index in [4.69, 9.17) is 11.6 Å². The van der Waals surface area contributed by atoms with Crippen LogP contribution in [0.15, 0.2) is 25.0 Å². The molecule has 0 saturated carbocycles. The Bertz CT molecular complexity index is 933. The van der Waals surface area contributed by atoms with Crippen LogP contribution >= 0.6 is 11.6 Å². The monoisotopic (exact) mass is 334 g/mol. The number of rotatable bonds is 3. The van der Waals surface area contributed by atoms with E-state index in [2.05, 4.69) is 21.5 Å². The minimum atomic E-state index is -0.680. The van der Waals surface area contributed by atoms with Crippen molar-refractivity contribution in [2.75, 3.05) is 0 Å². The lowest BCUT2D eigenvalue weighted by Gasteiger charge is -2.07. The van der Waals surface area contributed by atoms with Gasteiger partial charge in [0.05, 0.1) is 17.6 Å². The number of imidazole rings is 1. The van der Waals surface area contributed by atoms with Gasteiger partial charge in [0.15, 0.2) is 17.3 Å². The first-order valence-electron chi connectivity index (χ1n) is 6.97. The molecule has 4 nitrogen and oxygen atoms in total. The van der Waals surface area contributed by atoms with Gasteiger partial charge in [0, 0.05) is 11.8 Å². The molecule has 0 aromatic carbocycles. The van der Waals surface area contributed by atoms with Gasteiger partial charge in [-0.2, -0.15) is 0 Å². The standard InChI is InChI=1S/C16H13ClF2N4/c1-4-12-14(8(2)3)23-7-9(5-10(18)15(23)21-12)13-11(19)6-20-16(17)22-13/h5-7H,2,4H2,1,3H3. The van der Waals surface area contributed by atoms with Crippen molar-refractivity contribution in [2.45, 2.75) is 20.3 Å². The van der Waals surface area contributed by atoms with Crippen molar-refractivity contribution in [1.82, 2.24) is 19.4 Å². The van der Waals surface area contributed by atoms with Crippen LogP contribution in [0.4, 0.5) is 8.78 Å². The van der Waals surface area contributed by atoms with Crippen molar-refractivity contribution in [3.05, 3.63) is 53.3 Å². The van der Waals surface area contributed by atoms with E-state index >= 15 is 0 Å². The number of allylic oxidation sites excluding steroid dienone is 1. The van der Waals surface area contributed by atoms with E-state index in [1.54, 1.807) is 10.6 Å². The number of aryl methyl sites for hydroxylation is 1. The van der Waals surface area contributed by atoms with Crippen LogP contribution in [0, 0.1) is 11.6 Å². The van der Waals surface area contributed by atoms with Gasteiger partial charge in [-0.05, 0) is 36.6 Å². The van der Waals surface area contributed by atoms with Gasteiger partial charge in [-0.25, -0.2) is 23.7 Å². The van der Waals surface area contributed by atoms with Crippen LogP contribution in [0.5, 0.6) is 0 Å². The topological polar surface area (TPSA) is 43.1 Å². The molecule has 0 unspecified atom stereocenters. The average Bonchev–Trinajstić information content (AvgIpc) is 2.89. The van der Waals surface area contributed by atoms with Gasteiger partial charge in [0.2, 0.25) is 5.28 Å². The first-order valence-corrected chi connectivity index (χ1v) is 7.35. The summed E-state index contributed by atoms with van der Waals surface area (Å²) in [5.74, 6) is -1.25. The second kappa shape index (κ2) is 5.70. The van der Waals surface area contributed by atoms with E-state index in [1.165, 1.54) is 6.07 Å². The van der Waals surface area contributed by atoms with Crippen molar-refractivity contribution in [3.8, 4) is 11.3 Å². The molecule has 0 fully saturated rings. The van der Waals surface area contributed by atoms with E-state index in [-0.39, 0.29) is 22.2 Å². The molecule has 3 aromatic rings. The fourth-order valence-electron chi connectivity index (χ4n) is 2.53. The lowest BCUT2D eigenvalue weighted by molar-refractivity contribution is 0.615. The number of nitrogens with zero attached hydrogens (tertiary/aromatic N) is 4. The minimum absolute atomic E-state index is 0.0646. The van der Waals surface area contributed by atoms with E-state index in [0.29, 0.717) is 12.1 Å². The van der Waals surface area contributed by atoms with Gasteiger partial charge in [-0.15, -0.1) is 0 Å². The van der Waals surface area contributed by atoms with E-state index in [1.807, 2.05) is 13.8 Å². The van der Waals surface area contributed by atoms with Gasteiger partial charge >= 0.3 is 0 Å². The van der Waals surface area contributed by atoms with Crippen LogP contribution in [0.3, 0.4) is 0 Å². The maximum Gasteiger partial charge on any atom is 0.223 e. The van der Waals surface area contributed by atoms with E-state index in [0.717, 1.165) is 17.5 Å². The molecular weight excluding hydrogens is 322 g/mol. The van der Waals surface area contributed by atoms with Crippen LogP contribution in [0.2, 0.25) is 5.28 Å². The Morgan fingerprint density at radius 2 is 2.04 bits per heavy atom. The zero-order valence-corrected chi connectivity index (χ0v) is 13.3. The predicted molar refractivity (Wildman–Crippen MR) is 85.2 cm³/mol. The largest absolute Gasteiger partial charge is 0.297 e. The first kappa shape index (κ1) is 15.6. The highest BCUT2D eigenvalue weighted by atomic mass is 35.5. The predicted octanol–water partition coefficient (Wildman–Crippen LogP) is 4.32. The summed E-state index contributed by atoms with van der Waals surface area (Å²) in [4.78, 5) is 11.7. The third kappa shape index (κ3) is 2.59. The van der Waals surface area contributed by atoms with Crippen LogP contribution in [-0.2, 0) is 6.42 Å². The Labute approximate surface area is 136 Å².